The van der Waals surface area contributed by atoms with Crippen LogP contribution in [0.5, 0.6) is 0 Å². The number of carbonyl (C=O) groups is 1. The summed E-state index contributed by atoms with van der Waals surface area (Å²) in [5.41, 5.74) is 1.83. The highest BCUT2D eigenvalue weighted by atomic mass is 35.5. The maximum absolute atomic E-state index is 12.3. The minimum absolute atomic E-state index is 0.128. The molecular weight excluding hydrogens is 360 g/mol. The predicted molar refractivity (Wildman–Crippen MR) is 97.9 cm³/mol. The number of aromatic nitrogens is 5. The Hall–Kier alpha value is -2.32. The average Bonchev–Trinajstić information content (AvgIpc) is 3.15. The van der Waals surface area contributed by atoms with Crippen LogP contribution in [0.15, 0.2) is 41.9 Å². The summed E-state index contributed by atoms with van der Waals surface area (Å²) in [5, 5.41) is 16.4. The van der Waals surface area contributed by atoms with Crippen molar-refractivity contribution in [3.63, 3.8) is 0 Å². The van der Waals surface area contributed by atoms with E-state index in [1.165, 1.54) is 11.8 Å². The van der Waals surface area contributed by atoms with Crippen LogP contribution in [0.1, 0.15) is 11.1 Å². The van der Waals surface area contributed by atoms with E-state index in [2.05, 4.69) is 20.6 Å². The Morgan fingerprint density at radius 1 is 1.36 bits per heavy atom. The van der Waals surface area contributed by atoms with Crippen LogP contribution < -0.4 is 5.32 Å². The summed E-state index contributed by atoms with van der Waals surface area (Å²) in [6.45, 7) is 2.39. The molecule has 0 spiro atoms. The molecule has 1 aromatic carbocycles. The molecule has 0 aliphatic carbocycles. The first-order valence-electron chi connectivity index (χ1n) is 7.57. The fraction of sp³-hybridized carbons (Fsp3) is 0.250. The van der Waals surface area contributed by atoms with Crippen molar-refractivity contribution in [1.29, 1.82) is 0 Å². The number of anilines is 1. The first-order chi connectivity index (χ1) is 12.0. The van der Waals surface area contributed by atoms with Crippen LogP contribution >= 0.6 is 23.4 Å². The quantitative estimate of drug-likeness (QED) is 0.669. The highest BCUT2D eigenvalue weighted by Crippen LogP contribution is 2.21. The molecule has 2 aromatic heterocycles. The fourth-order valence-corrected chi connectivity index (χ4v) is 3.13. The summed E-state index contributed by atoms with van der Waals surface area (Å²) in [4.78, 5) is 12.3. The van der Waals surface area contributed by atoms with Crippen LogP contribution in [0, 0.1) is 6.92 Å². The smallest absolute Gasteiger partial charge is 0.236 e. The Labute approximate surface area is 154 Å². The minimum atomic E-state index is -0.128. The van der Waals surface area contributed by atoms with Crippen molar-refractivity contribution in [2.75, 3.05) is 11.1 Å². The number of thioether (sulfide) groups is 1. The van der Waals surface area contributed by atoms with Gasteiger partial charge in [-0.15, -0.1) is 10.2 Å². The summed E-state index contributed by atoms with van der Waals surface area (Å²) in [6, 6.07) is 7.58. The lowest BCUT2D eigenvalue weighted by atomic mass is 10.2. The monoisotopic (exact) mass is 376 g/mol. The molecule has 0 fully saturated rings. The maximum atomic E-state index is 12.3. The van der Waals surface area contributed by atoms with Gasteiger partial charge in [-0.3, -0.25) is 4.79 Å². The van der Waals surface area contributed by atoms with Crippen LogP contribution in [-0.2, 0) is 18.4 Å². The second-order valence-corrected chi connectivity index (χ2v) is 6.84. The van der Waals surface area contributed by atoms with Crippen molar-refractivity contribution >= 4 is 35.1 Å². The fourth-order valence-electron chi connectivity index (χ4n) is 2.25. The van der Waals surface area contributed by atoms with Gasteiger partial charge in [0.15, 0.2) is 5.16 Å². The first-order valence-corrected chi connectivity index (χ1v) is 8.93. The number of aryl methyl sites for hydroxylation is 2. The molecule has 1 N–H and O–H groups in total. The van der Waals surface area contributed by atoms with E-state index in [0.717, 1.165) is 11.1 Å². The maximum Gasteiger partial charge on any atom is 0.236 e. The van der Waals surface area contributed by atoms with Gasteiger partial charge in [-0.05, 0) is 18.6 Å². The topological polar surface area (TPSA) is 77.6 Å². The SMILES string of the molecule is Cc1cnn(Cc2ccccc2Cl)c1NC(=O)CSc1nncn1C. The number of hydrogen-bond acceptors (Lipinski definition) is 5. The average molecular weight is 377 g/mol. The Morgan fingerprint density at radius 2 is 2.16 bits per heavy atom. The zero-order chi connectivity index (χ0) is 17.8. The Bertz CT molecular complexity index is 890. The van der Waals surface area contributed by atoms with Crippen molar-refractivity contribution in [2.24, 2.45) is 7.05 Å². The van der Waals surface area contributed by atoms with Gasteiger partial charge < -0.3 is 9.88 Å². The molecule has 1 amide bonds. The molecule has 0 aliphatic rings. The summed E-state index contributed by atoms with van der Waals surface area (Å²) < 4.78 is 3.51. The van der Waals surface area contributed by atoms with Crippen molar-refractivity contribution in [3.05, 3.63) is 52.9 Å². The summed E-state index contributed by atoms with van der Waals surface area (Å²) in [5.74, 6) is 0.781. The lowest BCUT2D eigenvalue weighted by molar-refractivity contribution is -0.113. The molecular formula is C16H17ClN6OS. The Balaban J connectivity index is 1.68. The lowest BCUT2D eigenvalue weighted by Gasteiger charge is -2.11. The van der Waals surface area contributed by atoms with Gasteiger partial charge in [0.25, 0.3) is 0 Å². The van der Waals surface area contributed by atoms with Crippen LogP contribution in [0.3, 0.4) is 0 Å². The molecule has 7 nitrogen and oxygen atoms in total. The van der Waals surface area contributed by atoms with E-state index in [9.17, 15) is 4.79 Å². The number of nitrogens with one attached hydrogen (secondary N) is 1. The number of amides is 1. The zero-order valence-corrected chi connectivity index (χ0v) is 15.4. The van der Waals surface area contributed by atoms with Crippen molar-refractivity contribution in [3.8, 4) is 0 Å². The van der Waals surface area contributed by atoms with Gasteiger partial charge in [-0.1, -0.05) is 41.6 Å². The van der Waals surface area contributed by atoms with E-state index in [1.807, 2.05) is 38.2 Å². The molecule has 0 atom stereocenters. The Kier molecular flexibility index (Phi) is 5.40. The summed E-state index contributed by atoms with van der Waals surface area (Å²) >= 11 is 7.54. The van der Waals surface area contributed by atoms with Crippen LogP contribution in [-0.4, -0.2) is 36.2 Å². The molecule has 9 heteroatoms. The summed E-state index contributed by atoms with van der Waals surface area (Å²) in [7, 11) is 1.84. The number of halogens is 1. The minimum Gasteiger partial charge on any atom is -0.312 e. The van der Waals surface area contributed by atoms with Crippen molar-refractivity contribution in [2.45, 2.75) is 18.6 Å². The van der Waals surface area contributed by atoms with Crippen molar-refractivity contribution in [1.82, 2.24) is 24.5 Å². The van der Waals surface area contributed by atoms with E-state index in [-0.39, 0.29) is 11.7 Å². The third kappa shape index (κ3) is 4.21. The second-order valence-electron chi connectivity index (χ2n) is 5.49. The third-order valence-electron chi connectivity index (χ3n) is 3.56. The van der Waals surface area contributed by atoms with Gasteiger partial charge in [0, 0.05) is 17.6 Å². The van der Waals surface area contributed by atoms with E-state index in [1.54, 1.807) is 21.8 Å². The molecule has 0 aliphatic heterocycles. The van der Waals surface area contributed by atoms with E-state index in [4.69, 9.17) is 11.6 Å². The third-order valence-corrected chi connectivity index (χ3v) is 4.96. The molecule has 3 rings (SSSR count). The van der Waals surface area contributed by atoms with Gasteiger partial charge in [-0.25, -0.2) is 4.68 Å². The van der Waals surface area contributed by atoms with Gasteiger partial charge in [0.2, 0.25) is 5.91 Å². The zero-order valence-electron chi connectivity index (χ0n) is 13.8. The second kappa shape index (κ2) is 7.71. The lowest BCUT2D eigenvalue weighted by Crippen LogP contribution is -2.18. The van der Waals surface area contributed by atoms with E-state index in [0.29, 0.717) is 22.5 Å². The van der Waals surface area contributed by atoms with Crippen LogP contribution in [0.2, 0.25) is 5.02 Å². The highest BCUT2D eigenvalue weighted by molar-refractivity contribution is 7.99. The molecule has 25 heavy (non-hydrogen) atoms. The number of hydrogen-bond donors (Lipinski definition) is 1. The summed E-state index contributed by atoms with van der Waals surface area (Å²) in [6.07, 6.45) is 3.32. The van der Waals surface area contributed by atoms with E-state index < -0.39 is 0 Å². The molecule has 0 bridgehead atoms. The number of carbonyl (C=O) groups excluding carboxylic acids is 1. The molecule has 0 radical (unpaired) electrons. The molecule has 2 heterocycles. The molecule has 0 saturated heterocycles. The van der Waals surface area contributed by atoms with Gasteiger partial charge in [0.05, 0.1) is 18.5 Å². The number of benzene rings is 1. The van der Waals surface area contributed by atoms with Crippen LogP contribution in [0.25, 0.3) is 0 Å². The van der Waals surface area contributed by atoms with Crippen molar-refractivity contribution < 1.29 is 4.79 Å². The normalized spacial score (nSPS) is 10.8. The molecule has 0 unspecified atom stereocenters. The van der Waals surface area contributed by atoms with Gasteiger partial charge in [0.1, 0.15) is 12.1 Å². The largest absolute Gasteiger partial charge is 0.312 e. The first kappa shape index (κ1) is 17.5. The molecule has 0 saturated carbocycles. The van der Waals surface area contributed by atoms with Gasteiger partial charge in [-0.2, -0.15) is 5.10 Å². The number of rotatable bonds is 6. The highest BCUT2D eigenvalue weighted by Gasteiger charge is 2.14. The predicted octanol–water partition coefficient (Wildman–Crippen LogP) is 2.75. The Morgan fingerprint density at radius 3 is 2.88 bits per heavy atom. The molecule has 3 aromatic rings. The standard InChI is InChI=1S/C16H17ClN6OS/c1-11-7-19-23(8-12-5-3-4-6-13(12)17)15(11)20-14(24)9-25-16-21-18-10-22(16)2/h3-7,10H,8-9H2,1-2H3,(H,20,24). The van der Waals surface area contributed by atoms with E-state index >= 15 is 0 Å². The number of nitrogens with zero attached hydrogens (tertiary/aromatic N) is 5. The van der Waals surface area contributed by atoms with Gasteiger partial charge >= 0.3 is 0 Å². The molecule has 130 valence electrons. The van der Waals surface area contributed by atoms with Crippen LogP contribution in [0.4, 0.5) is 5.82 Å².